The molecule has 0 heterocycles. The molecule has 0 spiro atoms. The molecule has 0 bridgehead atoms. The summed E-state index contributed by atoms with van der Waals surface area (Å²) in [5, 5.41) is 3.18. The highest BCUT2D eigenvalue weighted by atomic mass is 35.5. The number of benzene rings is 2. The number of para-hydroxylation sites is 1. The van der Waals surface area contributed by atoms with Gasteiger partial charge in [-0.05, 0) is 64.3 Å². The maximum absolute atomic E-state index is 12.6. The lowest BCUT2D eigenvalue weighted by Crippen LogP contribution is -2.34. The molecule has 27 heavy (non-hydrogen) atoms. The summed E-state index contributed by atoms with van der Waals surface area (Å²) < 4.78 is 27.7. The molecule has 2 aromatic carbocycles. The number of rotatable bonds is 8. The predicted octanol–water partition coefficient (Wildman–Crippen LogP) is 3.21. The first-order valence-electron chi connectivity index (χ1n) is 8.52. The third-order valence-electron chi connectivity index (χ3n) is 3.91. The average molecular weight is 410 g/mol. The number of carbonyl (C=O) groups is 1. The minimum Gasteiger partial charge on any atom is -0.350 e. The van der Waals surface area contributed by atoms with Crippen molar-refractivity contribution in [3.8, 4) is 0 Å². The minimum absolute atomic E-state index is 0.00369. The lowest BCUT2D eigenvalue weighted by Gasteiger charge is -2.17. The third-order valence-corrected chi connectivity index (χ3v) is 5.60. The van der Waals surface area contributed by atoms with Crippen LogP contribution in [0.25, 0.3) is 0 Å². The second-order valence-electron chi connectivity index (χ2n) is 6.58. The Morgan fingerprint density at radius 3 is 2.52 bits per heavy atom. The van der Waals surface area contributed by atoms with Crippen molar-refractivity contribution < 1.29 is 13.2 Å². The molecule has 0 aliphatic carbocycles. The molecule has 0 fully saturated rings. The largest absolute Gasteiger partial charge is 0.350 e. The normalized spacial score (nSPS) is 12.6. The average Bonchev–Trinajstić information content (AvgIpc) is 2.62. The van der Waals surface area contributed by atoms with Crippen LogP contribution in [0.3, 0.4) is 0 Å². The van der Waals surface area contributed by atoms with Gasteiger partial charge in [0, 0.05) is 11.6 Å². The fourth-order valence-corrected chi connectivity index (χ4v) is 3.75. The molecule has 1 unspecified atom stereocenters. The second kappa shape index (κ2) is 9.21. The first-order chi connectivity index (χ1) is 12.7. The fraction of sp³-hybridized carbons (Fsp3) is 0.316. The number of halogens is 1. The van der Waals surface area contributed by atoms with Gasteiger partial charge in [-0.2, -0.15) is 0 Å². The Morgan fingerprint density at radius 1 is 1.15 bits per heavy atom. The molecule has 0 saturated carbocycles. The summed E-state index contributed by atoms with van der Waals surface area (Å²) in [6.45, 7) is 2.76. The van der Waals surface area contributed by atoms with Crippen molar-refractivity contribution in [2.24, 2.45) is 0 Å². The Labute approximate surface area is 165 Å². The van der Waals surface area contributed by atoms with Gasteiger partial charge in [0.15, 0.2) is 0 Å². The number of hydrogen-bond acceptors (Lipinski definition) is 4. The first-order valence-corrected chi connectivity index (χ1v) is 10.4. The molecule has 0 saturated heterocycles. The standard InChI is InChI=1S/C19H24ClN3O3S/c1-14(11-12-23(2)3)21-19(24)15-7-6-8-16(13-15)27(25,26)22-18-10-5-4-9-17(18)20/h4-10,13-14,22H,11-12H2,1-3H3,(H,21,24). The van der Waals surface area contributed by atoms with E-state index in [2.05, 4.69) is 10.0 Å². The SMILES string of the molecule is CC(CCN(C)C)NC(=O)c1cccc(S(=O)(=O)Nc2ccccc2Cl)c1. The van der Waals surface area contributed by atoms with Crippen LogP contribution in [0.5, 0.6) is 0 Å². The Kier molecular flexibility index (Phi) is 7.24. The van der Waals surface area contributed by atoms with Gasteiger partial charge in [-0.15, -0.1) is 0 Å². The van der Waals surface area contributed by atoms with Crippen molar-refractivity contribution in [3.05, 3.63) is 59.1 Å². The Bertz CT molecular complexity index is 901. The fourth-order valence-electron chi connectivity index (χ4n) is 2.38. The van der Waals surface area contributed by atoms with Gasteiger partial charge >= 0.3 is 0 Å². The van der Waals surface area contributed by atoms with Crippen LogP contribution in [0.15, 0.2) is 53.4 Å². The van der Waals surface area contributed by atoms with E-state index in [0.29, 0.717) is 5.02 Å². The molecule has 2 aromatic rings. The highest BCUT2D eigenvalue weighted by Crippen LogP contribution is 2.24. The quantitative estimate of drug-likeness (QED) is 0.701. The van der Waals surface area contributed by atoms with Gasteiger partial charge in [0.25, 0.3) is 15.9 Å². The van der Waals surface area contributed by atoms with Crippen LogP contribution in [-0.4, -0.2) is 45.9 Å². The van der Waals surface area contributed by atoms with E-state index in [4.69, 9.17) is 11.6 Å². The summed E-state index contributed by atoms with van der Waals surface area (Å²) in [4.78, 5) is 14.5. The molecule has 0 aliphatic heterocycles. The summed E-state index contributed by atoms with van der Waals surface area (Å²) in [5.41, 5.74) is 0.570. The Hall–Kier alpha value is -2.09. The number of nitrogens with zero attached hydrogens (tertiary/aromatic N) is 1. The highest BCUT2D eigenvalue weighted by Gasteiger charge is 2.18. The van der Waals surface area contributed by atoms with Crippen molar-refractivity contribution in [2.45, 2.75) is 24.3 Å². The molecule has 0 aromatic heterocycles. The Balaban J connectivity index is 2.14. The maximum atomic E-state index is 12.6. The zero-order valence-electron chi connectivity index (χ0n) is 15.6. The van der Waals surface area contributed by atoms with Crippen LogP contribution in [-0.2, 0) is 10.0 Å². The predicted molar refractivity (Wildman–Crippen MR) is 109 cm³/mol. The van der Waals surface area contributed by atoms with E-state index in [1.54, 1.807) is 36.4 Å². The van der Waals surface area contributed by atoms with Gasteiger partial charge in [-0.25, -0.2) is 8.42 Å². The summed E-state index contributed by atoms with van der Waals surface area (Å²) in [5.74, 6) is -0.309. The molecule has 1 atom stereocenters. The number of nitrogens with one attached hydrogen (secondary N) is 2. The summed E-state index contributed by atoms with van der Waals surface area (Å²) in [6, 6.07) is 12.5. The summed E-state index contributed by atoms with van der Waals surface area (Å²) in [6.07, 6.45) is 0.796. The molecule has 2 rings (SSSR count). The van der Waals surface area contributed by atoms with Gasteiger partial charge in [0.2, 0.25) is 0 Å². The molecular formula is C19H24ClN3O3S. The van der Waals surface area contributed by atoms with Crippen molar-refractivity contribution in [2.75, 3.05) is 25.4 Å². The Morgan fingerprint density at radius 2 is 1.85 bits per heavy atom. The summed E-state index contributed by atoms with van der Waals surface area (Å²) >= 11 is 6.01. The van der Waals surface area contributed by atoms with Crippen LogP contribution in [0.2, 0.25) is 5.02 Å². The van der Waals surface area contributed by atoms with Crippen molar-refractivity contribution in [3.63, 3.8) is 0 Å². The van der Waals surface area contributed by atoms with Crippen molar-refractivity contribution >= 4 is 33.2 Å². The van der Waals surface area contributed by atoms with Crippen LogP contribution in [0.4, 0.5) is 5.69 Å². The van der Waals surface area contributed by atoms with E-state index >= 15 is 0 Å². The third kappa shape index (κ3) is 6.23. The molecule has 0 aliphatic rings. The minimum atomic E-state index is -3.86. The topological polar surface area (TPSA) is 78.5 Å². The maximum Gasteiger partial charge on any atom is 0.261 e. The van der Waals surface area contributed by atoms with Gasteiger partial charge in [-0.1, -0.05) is 29.8 Å². The van der Waals surface area contributed by atoms with Crippen LogP contribution in [0, 0.1) is 0 Å². The molecule has 146 valence electrons. The van der Waals surface area contributed by atoms with Gasteiger partial charge < -0.3 is 10.2 Å². The molecule has 6 nitrogen and oxygen atoms in total. The molecule has 2 N–H and O–H groups in total. The van der Waals surface area contributed by atoms with Crippen molar-refractivity contribution in [1.29, 1.82) is 0 Å². The van der Waals surface area contributed by atoms with E-state index in [1.807, 2.05) is 25.9 Å². The van der Waals surface area contributed by atoms with Gasteiger partial charge in [0.05, 0.1) is 15.6 Å². The van der Waals surface area contributed by atoms with Crippen molar-refractivity contribution in [1.82, 2.24) is 10.2 Å². The van der Waals surface area contributed by atoms with E-state index in [0.717, 1.165) is 13.0 Å². The lowest BCUT2D eigenvalue weighted by atomic mass is 10.1. The van der Waals surface area contributed by atoms with Gasteiger partial charge in [-0.3, -0.25) is 9.52 Å². The van der Waals surface area contributed by atoms with Crippen LogP contribution < -0.4 is 10.0 Å². The molecule has 8 heteroatoms. The zero-order valence-corrected chi connectivity index (χ0v) is 17.1. The highest BCUT2D eigenvalue weighted by molar-refractivity contribution is 7.92. The lowest BCUT2D eigenvalue weighted by molar-refractivity contribution is 0.0936. The summed E-state index contributed by atoms with van der Waals surface area (Å²) in [7, 11) is 0.0714. The number of amides is 1. The second-order valence-corrected chi connectivity index (χ2v) is 8.67. The van der Waals surface area contributed by atoms with Crippen LogP contribution in [0.1, 0.15) is 23.7 Å². The molecular weight excluding hydrogens is 386 g/mol. The van der Waals surface area contributed by atoms with Gasteiger partial charge in [0.1, 0.15) is 0 Å². The van der Waals surface area contributed by atoms with Crippen LogP contribution >= 0.6 is 11.6 Å². The molecule has 1 amide bonds. The zero-order chi connectivity index (χ0) is 20.0. The number of hydrogen-bond donors (Lipinski definition) is 2. The van der Waals surface area contributed by atoms with E-state index in [1.165, 1.54) is 12.1 Å². The molecule has 0 radical (unpaired) electrons. The van der Waals surface area contributed by atoms with E-state index in [9.17, 15) is 13.2 Å². The van der Waals surface area contributed by atoms with E-state index in [-0.39, 0.29) is 28.1 Å². The van der Waals surface area contributed by atoms with E-state index < -0.39 is 10.0 Å². The number of carbonyl (C=O) groups excluding carboxylic acids is 1. The number of sulfonamides is 1. The smallest absolute Gasteiger partial charge is 0.261 e. The number of anilines is 1. The monoisotopic (exact) mass is 409 g/mol. The first kappa shape index (κ1) is 21.2.